The van der Waals surface area contributed by atoms with Gasteiger partial charge in [0, 0.05) is 6.20 Å². The van der Waals surface area contributed by atoms with Crippen LogP contribution in [0.4, 0.5) is 0 Å². The molecule has 0 bridgehead atoms. The summed E-state index contributed by atoms with van der Waals surface area (Å²) >= 11 is 12.8. The van der Waals surface area contributed by atoms with Crippen LogP contribution < -0.4 is 0 Å². The maximum absolute atomic E-state index is 5.74. The largest absolute Gasteiger partial charge is 0.225 e. The smallest absolute Gasteiger partial charge is 0.222 e. The van der Waals surface area contributed by atoms with E-state index in [0.717, 1.165) is 10.2 Å². The van der Waals surface area contributed by atoms with Gasteiger partial charge in [0.25, 0.3) is 0 Å². The lowest BCUT2D eigenvalue weighted by atomic mass is 10.5. The van der Waals surface area contributed by atoms with Crippen molar-refractivity contribution in [2.24, 2.45) is 0 Å². The predicted octanol–water partition coefficient (Wildman–Crippen LogP) is 3.00. The zero-order valence-electron chi connectivity index (χ0n) is 5.21. The van der Waals surface area contributed by atoms with Gasteiger partial charge in [0.1, 0.15) is 0 Å². The number of rotatable bonds is 0. The molecule has 0 atom stereocenters. The van der Waals surface area contributed by atoms with Crippen LogP contribution in [0.15, 0.2) is 12.3 Å². The Morgan fingerprint density at radius 1 is 1.36 bits per heavy atom. The molecule has 0 saturated carbocycles. The highest BCUT2D eigenvalue weighted by molar-refractivity contribution is 7.22. The molecule has 5 heteroatoms. The number of hydrogen-bond donors (Lipinski definition) is 0. The molecule has 0 aliphatic carbocycles. The third-order valence-corrected chi connectivity index (χ3v) is 2.58. The van der Waals surface area contributed by atoms with Crippen LogP contribution in [-0.2, 0) is 0 Å². The van der Waals surface area contributed by atoms with Crippen LogP contribution >= 0.6 is 34.5 Å². The van der Waals surface area contributed by atoms with Gasteiger partial charge in [0.15, 0.2) is 0 Å². The minimum Gasteiger partial charge on any atom is -0.225 e. The molecule has 0 spiro atoms. The Balaban J connectivity index is 2.82. The molecule has 0 radical (unpaired) electrons. The van der Waals surface area contributed by atoms with Crippen molar-refractivity contribution in [1.29, 1.82) is 0 Å². The summed E-state index contributed by atoms with van der Waals surface area (Å²) in [5.74, 6) is 0. The Labute approximate surface area is 76.8 Å². The SMILES string of the molecule is Clc1ncc2sc(Cl)cc2n1. The minimum absolute atomic E-state index is 0.256. The van der Waals surface area contributed by atoms with Crippen molar-refractivity contribution >= 4 is 44.8 Å². The quantitative estimate of drug-likeness (QED) is 0.617. The Morgan fingerprint density at radius 2 is 2.18 bits per heavy atom. The standard InChI is InChI=1S/C6H2Cl2N2S/c7-5-1-3-4(11-5)2-9-6(8)10-3/h1-2H. The van der Waals surface area contributed by atoms with Crippen LogP contribution in [0.5, 0.6) is 0 Å². The van der Waals surface area contributed by atoms with E-state index in [1.54, 1.807) is 12.3 Å². The minimum atomic E-state index is 0.256. The van der Waals surface area contributed by atoms with Gasteiger partial charge in [-0.1, -0.05) is 11.6 Å². The van der Waals surface area contributed by atoms with Crippen molar-refractivity contribution in [2.75, 3.05) is 0 Å². The van der Waals surface area contributed by atoms with E-state index in [4.69, 9.17) is 23.2 Å². The average Bonchev–Trinajstić information content (AvgIpc) is 2.27. The Bertz CT molecular complexity index is 398. The first-order valence-corrected chi connectivity index (χ1v) is 4.40. The zero-order valence-corrected chi connectivity index (χ0v) is 7.54. The number of thiophene rings is 1. The molecule has 2 heterocycles. The zero-order chi connectivity index (χ0) is 7.84. The molecule has 11 heavy (non-hydrogen) atoms. The highest BCUT2D eigenvalue weighted by Crippen LogP contribution is 2.27. The molecule has 2 rings (SSSR count). The van der Waals surface area contributed by atoms with Crippen LogP contribution in [0, 0.1) is 0 Å². The molecule has 0 fully saturated rings. The summed E-state index contributed by atoms with van der Waals surface area (Å²) in [6.07, 6.45) is 1.67. The highest BCUT2D eigenvalue weighted by atomic mass is 35.5. The Kier molecular flexibility index (Phi) is 1.71. The number of hydrogen-bond acceptors (Lipinski definition) is 3. The lowest BCUT2D eigenvalue weighted by Gasteiger charge is -1.86. The van der Waals surface area contributed by atoms with Gasteiger partial charge in [-0.3, -0.25) is 0 Å². The molecule has 2 nitrogen and oxygen atoms in total. The van der Waals surface area contributed by atoms with E-state index < -0.39 is 0 Å². The van der Waals surface area contributed by atoms with Gasteiger partial charge in [-0.2, -0.15) is 0 Å². The van der Waals surface area contributed by atoms with Gasteiger partial charge in [-0.15, -0.1) is 11.3 Å². The molecule has 0 unspecified atom stereocenters. The normalized spacial score (nSPS) is 10.7. The molecule has 2 aromatic rings. The van der Waals surface area contributed by atoms with E-state index in [-0.39, 0.29) is 5.28 Å². The van der Waals surface area contributed by atoms with Crippen LogP contribution in [-0.4, -0.2) is 9.97 Å². The van der Waals surface area contributed by atoms with E-state index in [0.29, 0.717) is 4.34 Å². The Morgan fingerprint density at radius 3 is 3.00 bits per heavy atom. The number of nitrogens with zero attached hydrogens (tertiary/aromatic N) is 2. The van der Waals surface area contributed by atoms with Crippen LogP contribution in [0.25, 0.3) is 10.2 Å². The molecule has 0 N–H and O–H groups in total. The van der Waals surface area contributed by atoms with E-state index in [9.17, 15) is 0 Å². The van der Waals surface area contributed by atoms with Crippen molar-refractivity contribution in [3.8, 4) is 0 Å². The van der Waals surface area contributed by atoms with E-state index in [1.165, 1.54) is 11.3 Å². The highest BCUT2D eigenvalue weighted by Gasteiger charge is 2.01. The summed E-state index contributed by atoms with van der Waals surface area (Å²) in [5, 5.41) is 0.256. The van der Waals surface area contributed by atoms with Crippen LogP contribution in [0.2, 0.25) is 9.62 Å². The van der Waals surface area contributed by atoms with Crippen molar-refractivity contribution in [1.82, 2.24) is 9.97 Å². The molecule has 0 aromatic carbocycles. The van der Waals surface area contributed by atoms with Crippen molar-refractivity contribution in [3.63, 3.8) is 0 Å². The topological polar surface area (TPSA) is 25.8 Å². The fourth-order valence-corrected chi connectivity index (χ4v) is 1.97. The summed E-state index contributed by atoms with van der Waals surface area (Å²) in [7, 11) is 0. The third-order valence-electron chi connectivity index (χ3n) is 1.21. The maximum Gasteiger partial charge on any atom is 0.222 e. The van der Waals surface area contributed by atoms with E-state index in [1.807, 2.05) is 0 Å². The maximum atomic E-state index is 5.74. The molecule has 0 aliphatic rings. The second-order valence-electron chi connectivity index (χ2n) is 1.94. The van der Waals surface area contributed by atoms with Gasteiger partial charge < -0.3 is 0 Å². The summed E-state index contributed by atoms with van der Waals surface area (Å²) < 4.78 is 1.66. The van der Waals surface area contributed by atoms with Gasteiger partial charge in [-0.05, 0) is 17.7 Å². The summed E-state index contributed by atoms with van der Waals surface area (Å²) in [4.78, 5) is 7.80. The van der Waals surface area contributed by atoms with Gasteiger partial charge in [0.2, 0.25) is 5.28 Å². The fourth-order valence-electron chi connectivity index (χ4n) is 0.785. The van der Waals surface area contributed by atoms with Crippen LogP contribution in [0.3, 0.4) is 0 Å². The fraction of sp³-hybridized carbons (Fsp3) is 0. The summed E-state index contributed by atoms with van der Waals surface area (Å²) in [6, 6.07) is 1.77. The lowest BCUT2D eigenvalue weighted by molar-refractivity contribution is 1.23. The summed E-state index contributed by atoms with van der Waals surface area (Å²) in [5.41, 5.74) is 0.806. The monoisotopic (exact) mass is 204 g/mol. The van der Waals surface area contributed by atoms with Crippen LogP contribution in [0.1, 0.15) is 0 Å². The van der Waals surface area contributed by atoms with Gasteiger partial charge >= 0.3 is 0 Å². The Hall–Kier alpha value is -0.380. The third kappa shape index (κ3) is 1.31. The van der Waals surface area contributed by atoms with Gasteiger partial charge in [-0.25, -0.2) is 9.97 Å². The molecule has 0 aliphatic heterocycles. The first-order chi connectivity index (χ1) is 5.25. The van der Waals surface area contributed by atoms with Crippen molar-refractivity contribution in [3.05, 3.63) is 21.9 Å². The molecule has 56 valence electrons. The average molecular weight is 205 g/mol. The van der Waals surface area contributed by atoms with Crippen molar-refractivity contribution in [2.45, 2.75) is 0 Å². The summed E-state index contributed by atoms with van der Waals surface area (Å²) in [6.45, 7) is 0. The molecule has 0 amide bonds. The van der Waals surface area contributed by atoms with E-state index in [2.05, 4.69) is 9.97 Å². The molecular formula is C6H2Cl2N2S. The first kappa shape index (κ1) is 7.28. The second-order valence-corrected chi connectivity index (χ2v) is 3.99. The predicted molar refractivity (Wildman–Crippen MR) is 47.4 cm³/mol. The molecule has 0 saturated heterocycles. The number of fused-ring (bicyclic) bond motifs is 1. The first-order valence-electron chi connectivity index (χ1n) is 2.83. The number of aromatic nitrogens is 2. The van der Waals surface area contributed by atoms with Gasteiger partial charge in [0.05, 0.1) is 14.6 Å². The number of halogens is 2. The molecular weight excluding hydrogens is 203 g/mol. The van der Waals surface area contributed by atoms with Crippen molar-refractivity contribution < 1.29 is 0 Å². The molecule has 2 aromatic heterocycles. The van der Waals surface area contributed by atoms with E-state index >= 15 is 0 Å². The lowest BCUT2D eigenvalue weighted by Crippen LogP contribution is -1.77. The second kappa shape index (κ2) is 2.59.